The molecule has 0 heterocycles. The van der Waals surface area contributed by atoms with Crippen LogP contribution in [0.15, 0.2) is 96.1 Å². The molecule has 0 fully saturated rings. The highest BCUT2D eigenvalue weighted by Gasteiger charge is 2.15. The Hall–Kier alpha value is -5.19. The van der Waals surface area contributed by atoms with Gasteiger partial charge in [0.1, 0.15) is 17.2 Å². The minimum atomic E-state index is -0.709. The summed E-state index contributed by atoms with van der Waals surface area (Å²) in [5.41, 5.74) is 3.42. The Balaban J connectivity index is 1.41. The first-order valence-electron chi connectivity index (χ1n) is 13.6. The first-order valence-corrected chi connectivity index (χ1v) is 14.4. The summed E-state index contributed by atoms with van der Waals surface area (Å²) in [5.74, 6) is -1.69. The van der Waals surface area contributed by atoms with Gasteiger partial charge in [-0.25, -0.2) is 15.0 Å². The van der Waals surface area contributed by atoms with Gasteiger partial charge in [-0.05, 0) is 91.3 Å². The van der Waals surface area contributed by atoms with Crippen molar-refractivity contribution in [1.82, 2.24) is 10.7 Å². The van der Waals surface area contributed by atoms with Crippen LogP contribution in [-0.2, 0) is 4.79 Å². The predicted octanol–water partition coefficient (Wildman–Crippen LogP) is 6.10. The number of nitrogens with one attached hydrogen (secondary N) is 2. The van der Waals surface area contributed by atoms with Gasteiger partial charge in [-0.2, -0.15) is 5.10 Å². The highest BCUT2D eigenvalue weighted by Crippen LogP contribution is 2.26. The van der Waals surface area contributed by atoms with Crippen LogP contribution in [0, 0.1) is 0 Å². The van der Waals surface area contributed by atoms with Crippen molar-refractivity contribution in [3.05, 3.63) is 123 Å². The van der Waals surface area contributed by atoms with Gasteiger partial charge in [0.15, 0.2) is 0 Å². The van der Waals surface area contributed by atoms with Crippen LogP contribution >= 0.6 is 23.2 Å². The van der Waals surface area contributed by atoms with Crippen LogP contribution < -0.4 is 25.0 Å². The van der Waals surface area contributed by atoms with Crippen LogP contribution in [0.4, 0.5) is 0 Å². The minimum absolute atomic E-state index is 0.00554. The predicted molar refractivity (Wildman–Crippen MR) is 170 cm³/mol. The summed E-state index contributed by atoms with van der Waals surface area (Å²) in [6.45, 7) is 2.22. The third kappa shape index (κ3) is 9.92. The summed E-state index contributed by atoms with van der Waals surface area (Å²) < 4.78 is 16.5. The van der Waals surface area contributed by atoms with E-state index in [9.17, 15) is 19.2 Å². The highest BCUT2D eigenvalue weighted by molar-refractivity contribution is 6.31. The number of carbonyl (C=O) groups excluding carboxylic acids is 4. The van der Waals surface area contributed by atoms with Crippen molar-refractivity contribution in [3.63, 3.8) is 0 Å². The molecule has 10 nitrogen and oxygen atoms in total. The SMILES string of the molecule is CCCOc1ccc(C(=O)NCC(=O)NN=Cc2ccc(OC(=O)c3ccc(Cl)cc3)cc2OC(=O)c2ccc(Cl)cc2)cc1. The molecule has 0 unspecified atom stereocenters. The Labute approximate surface area is 268 Å². The third-order valence-electron chi connectivity index (χ3n) is 5.95. The van der Waals surface area contributed by atoms with Gasteiger partial charge in [-0.1, -0.05) is 30.1 Å². The number of hydrogen-bond donors (Lipinski definition) is 2. The molecule has 0 aliphatic carbocycles. The molecular weight excluding hydrogens is 621 g/mol. The molecule has 0 aromatic heterocycles. The average Bonchev–Trinajstić information content (AvgIpc) is 3.04. The van der Waals surface area contributed by atoms with Crippen molar-refractivity contribution < 1.29 is 33.4 Å². The number of esters is 2. The zero-order valence-electron chi connectivity index (χ0n) is 23.9. The number of ether oxygens (including phenoxy) is 3. The first-order chi connectivity index (χ1) is 21.7. The number of carbonyl (C=O) groups is 4. The monoisotopic (exact) mass is 647 g/mol. The van der Waals surface area contributed by atoms with Crippen LogP contribution in [-0.4, -0.2) is 43.1 Å². The number of benzene rings is 4. The van der Waals surface area contributed by atoms with Crippen LogP contribution in [0.5, 0.6) is 17.2 Å². The normalized spacial score (nSPS) is 10.6. The van der Waals surface area contributed by atoms with Crippen molar-refractivity contribution in [3.8, 4) is 17.2 Å². The third-order valence-corrected chi connectivity index (χ3v) is 6.45. The summed E-state index contributed by atoms with van der Waals surface area (Å²) in [7, 11) is 0. The van der Waals surface area contributed by atoms with E-state index in [-0.39, 0.29) is 34.7 Å². The molecule has 4 aromatic rings. The molecule has 0 spiro atoms. The van der Waals surface area contributed by atoms with Gasteiger partial charge >= 0.3 is 11.9 Å². The molecule has 4 rings (SSSR count). The van der Waals surface area contributed by atoms with E-state index in [4.69, 9.17) is 37.4 Å². The number of halogens is 2. The van der Waals surface area contributed by atoms with E-state index >= 15 is 0 Å². The summed E-state index contributed by atoms with van der Waals surface area (Å²) in [5, 5.41) is 7.33. The molecular formula is C33H27Cl2N3O7. The highest BCUT2D eigenvalue weighted by atomic mass is 35.5. The van der Waals surface area contributed by atoms with Crippen LogP contribution in [0.25, 0.3) is 0 Å². The lowest BCUT2D eigenvalue weighted by Gasteiger charge is -2.11. The van der Waals surface area contributed by atoms with E-state index in [2.05, 4.69) is 15.8 Å². The van der Waals surface area contributed by atoms with Gasteiger partial charge in [0.05, 0.1) is 30.5 Å². The van der Waals surface area contributed by atoms with E-state index in [0.29, 0.717) is 28.0 Å². The second-order valence-corrected chi connectivity index (χ2v) is 10.2. The molecule has 2 amide bonds. The molecule has 0 aliphatic heterocycles. The van der Waals surface area contributed by atoms with Gasteiger partial charge in [-0.15, -0.1) is 0 Å². The molecule has 0 saturated heterocycles. The lowest BCUT2D eigenvalue weighted by atomic mass is 10.2. The lowest BCUT2D eigenvalue weighted by Crippen LogP contribution is -2.34. The van der Waals surface area contributed by atoms with Crippen molar-refractivity contribution in [2.75, 3.05) is 13.2 Å². The second kappa shape index (κ2) is 16.0. The van der Waals surface area contributed by atoms with E-state index < -0.39 is 23.8 Å². The van der Waals surface area contributed by atoms with Gasteiger partial charge in [0.2, 0.25) is 0 Å². The maximum absolute atomic E-state index is 12.8. The molecule has 45 heavy (non-hydrogen) atoms. The fraction of sp³-hybridized carbons (Fsp3) is 0.121. The number of amides is 2. The molecule has 0 atom stereocenters. The number of hydrazone groups is 1. The molecule has 230 valence electrons. The van der Waals surface area contributed by atoms with Gasteiger partial charge in [0.25, 0.3) is 11.8 Å². The number of hydrogen-bond acceptors (Lipinski definition) is 8. The van der Waals surface area contributed by atoms with Gasteiger partial charge in [-0.3, -0.25) is 9.59 Å². The van der Waals surface area contributed by atoms with Crippen LogP contribution in [0.1, 0.15) is 50.0 Å². The van der Waals surface area contributed by atoms with Gasteiger partial charge in [0, 0.05) is 27.2 Å². The Morgan fingerprint density at radius 1 is 0.733 bits per heavy atom. The number of nitrogens with zero attached hydrogens (tertiary/aromatic N) is 1. The topological polar surface area (TPSA) is 132 Å². The molecule has 0 bridgehead atoms. The second-order valence-electron chi connectivity index (χ2n) is 9.34. The quantitative estimate of drug-likeness (QED) is 0.0821. The summed E-state index contributed by atoms with van der Waals surface area (Å²) in [4.78, 5) is 50.2. The molecule has 0 saturated carbocycles. The minimum Gasteiger partial charge on any atom is -0.494 e. The maximum atomic E-state index is 12.8. The number of rotatable bonds is 12. The van der Waals surface area contributed by atoms with Crippen LogP contribution in [0.2, 0.25) is 10.0 Å². The smallest absolute Gasteiger partial charge is 0.343 e. The Morgan fingerprint density at radius 3 is 1.89 bits per heavy atom. The Kier molecular flexibility index (Phi) is 11.7. The lowest BCUT2D eigenvalue weighted by molar-refractivity contribution is -0.120. The first kappa shape index (κ1) is 32.7. The van der Waals surface area contributed by atoms with Gasteiger partial charge < -0.3 is 19.5 Å². The van der Waals surface area contributed by atoms with E-state index in [0.717, 1.165) is 6.42 Å². The molecule has 12 heteroatoms. The molecule has 0 radical (unpaired) electrons. The van der Waals surface area contributed by atoms with E-state index in [1.807, 2.05) is 6.92 Å². The summed E-state index contributed by atoms with van der Waals surface area (Å²) >= 11 is 11.8. The zero-order chi connectivity index (χ0) is 32.2. The fourth-order valence-electron chi connectivity index (χ4n) is 3.67. The van der Waals surface area contributed by atoms with Crippen LogP contribution in [0.3, 0.4) is 0 Å². The average molecular weight is 648 g/mol. The Morgan fingerprint density at radius 2 is 1.29 bits per heavy atom. The maximum Gasteiger partial charge on any atom is 0.343 e. The van der Waals surface area contributed by atoms with Crippen molar-refractivity contribution >= 4 is 53.2 Å². The van der Waals surface area contributed by atoms with Crippen molar-refractivity contribution in [2.24, 2.45) is 5.10 Å². The molecule has 4 aromatic carbocycles. The van der Waals surface area contributed by atoms with Crippen molar-refractivity contribution in [2.45, 2.75) is 13.3 Å². The Bertz CT molecular complexity index is 1690. The van der Waals surface area contributed by atoms with E-state index in [1.165, 1.54) is 60.8 Å². The molecule has 2 N–H and O–H groups in total. The summed E-state index contributed by atoms with van der Waals surface area (Å²) in [6.07, 6.45) is 2.10. The summed E-state index contributed by atoms with van der Waals surface area (Å²) in [6, 6.07) is 23.0. The largest absolute Gasteiger partial charge is 0.494 e. The standard InChI is InChI=1S/C33H27Cl2N3O7/c1-2-17-43-27-14-7-21(8-15-27)31(40)36-20-30(39)38-37-19-24-9-16-28(44-32(41)22-3-10-25(34)11-4-22)18-29(24)45-33(42)23-5-12-26(35)13-6-23/h3-16,18-19H,2,17,20H2,1H3,(H,36,40)(H,38,39). The van der Waals surface area contributed by atoms with E-state index in [1.54, 1.807) is 36.4 Å². The zero-order valence-corrected chi connectivity index (χ0v) is 25.4. The fourth-order valence-corrected chi connectivity index (χ4v) is 3.92. The molecule has 0 aliphatic rings. The van der Waals surface area contributed by atoms with Crippen molar-refractivity contribution in [1.29, 1.82) is 0 Å².